The van der Waals surface area contributed by atoms with Crippen LogP contribution in [0.3, 0.4) is 0 Å². The summed E-state index contributed by atoms with van der Waals surface area (Å²) in [6.07, 6.45) is 5.25. The van der Waals surface area contributed by atoms with Crippen LogP contribution in [0.15, 0.2) is 71.5 Å². The quantitative estimate of drug-likeness (QED) is 0.264. The highest BCUT2D eigenvalue weighted by Gasteiger charge is 2.75. The van der Waals surface area contributed by atoms with E-state index >= 15 is 0 Å². The molecule has 2 saturated heterocycles. The molecule has 8 rings (SSSR count). The largest absolute Gasteiger partial charge is 0.478 e. The van der Waals surface area contributed by atoms with Crippen LogP contribution in [0.4, 0.5) is 10.2 Å². The third-order valence-corrected chi connectivity index (χ3v) is 9.35. The Balaban J connectivity index is 1.00. The van der Waals surface area contributed by atoms with Crippen LogP contribution in [0.5, 0.6) is 5.88 Å². The number of carboxylic acids is 1. The molecule has 11 nitrogen and oxygen atoms in total. The normalized spacial score (nSPS) is 21.9. The number of fused-ring (bicyclic) bond motifs is 1. The van der Waals surface area contributed by atoms with E-state index in [-0.39, 0.29) is 23.3 Å². The number of aromatic carboxylic acids is 1. The first-order valence-corrected chi connectivity index (χ1v) is 14.4. The molecule has 220 valence electrons. The van der Waals surface area contributed by atoms with Gasteiger partial charge in [-0.15, -0.1) is 0 Å². The molecule has 5 heterocycles. The molecule has 0 radical (unpaired) electrons. The number of pyridine rings is 1. The average molecular weight is 592 g/mol. The zero-order valence-corrected chi connectivity index (χ0v) is 23.4. The van der Waals surface area contributed by atoms with Gasteiger partial charge >= 0.3 is 5.97 Å². The number of likely N-dealkylation sites (tertiary alicyclic amines) is 1. The molecule has 3 fully saturated rings. The summed E-state index contributed by atoms with van der Waals surface area (Å²) < 4.78 is 27.7. The lowest BCUT2D eigenvalue weighted by molar-refractivity contribution is -0.192. The summed E-state index contributed by atoms with van der Waals surface area (Å²) >= 11 is 0. The van der Waals surface area contributed by atoms with Gasteiger partial charge < -0.3 is 23.7 Å². The van der Waals surface area contributed by atoms with E-state index in [0.29, 0.717) is 42.5 Å². The van der Waals surface area contributed by atoms with Crippen LogP contribution >= 0.6 is 0 Å². The van der Waals surface area contributed by atoms with Gasteiger partial charge in [0.25, 0.3) is 0 Å². The standard InChI is InChI=1S/C32H26FN7O4/c33-22-12-19(14-34)4-5-21(22)18-44-29-3-1-2-27(37-29)40-15-26-32(40)9-8-25(32)39(26)16-28-36-23-7-6-20(31(41)42)13-24(23)38(28)17-30-35-10-11-43-30/h1-7,10-13,25-26H,8-9,15-18H2,(H,41,42). The molecule has 3 unspecified atom stereocenters. The maximum Gasteiger partial charge on any atom is 0.335 e. The van der Waals surface area contributed by atoms with Crippen molar-refractivity contribution in [3.8, 4) is 11.9 Å². The van der Waals surface area contributed by atoms with Crippen molar-refractivity contribution in [3.05, 3.63) is 101 Å². The first-order chi connectivity index (χ1) is 21.4. The number of ether oxygens (including phenoxy) is 1. The van der Waals surface area contributed by atoms with Crippen molar-refractivity contribution >= 4 is 22.8 Å². The van der Waals surface area contributed by atoms with Crippen molar-refractivity contribution < 1.29 is 23.4 Å². The summed E-state index contributed by atoms with van der Waals surface area (Å²) in [6, 6.07) is 17.6. The lowest BCUT2D eigenvalue weighted by atomic mass is 9.52. The zero-order valence-electron chi connectivity index (χ0n) is 23.4. The van der Waals surface area contributed by atoms with E-state index in [4.69, 9.17) is 24.4 Å². The van der Waals surface area contributed by atoms with Crippen molar-refractivity contribution in [1.29, 1.82) is 5.26 Å². The second-order valence-electron chi connectivity index (χ2n) is 11.4. The topological polar surface area (TPSA) is 134 Å². The molecule has 0 bridgehead atoms. The van der Waals surface area contributed by atoms with Crippen molar-refractivity contribution in [1.82, 2.24) is 24.4 Å². The molecule has 3 atom stereocenters. The Labute approximate surface area is 250 Å². The average Bonchev–Trinajstić information content (AvgIpc) is 3.63. The Morgan fingerprint density at radius 3 is 2.80 bits per heavy atom. The number of aromatic nitrogens is 4. The Kier molecular flexibility index (Phi) is 5.92. The van der Waals surface area contributed by atoms with Crippen LogP contribution in [0, 0.1) is 17.1 Å². The van der Waals surface area contributed by atoms with E-state index in [9.17, 15) is 14.3 Å². The summed E-state index contributed by atoms with van der Waals surface area (Å²) in [5.74, 6) is 1.15. The van der Waals surface area contributed by atoms with Gasteiger partial charge in [-0.25, -0.2) is 19.2 Å². The second-order valence-corrected chi connectivity index (χ2v) is 11.4. The highest BCUT2D eigenvalue weighted by atomic mass is 19.1. The van der Waals surface area contributed by atoms with E-state index in [1.54, 1.807) is 42.6 Å². The van der Waals surface area contributed by atoms with Crippen molar-refractivity contribution in [3.63, 3.8) is 0 Å². The number of hydrogen-bond donors (Lipinski definition) is 1. The zero-order chi connectivity index (χ0) is 30.0. The molecule has 1 spiro atoms. The fraction of sp³-hybridized carbons (Fsp3) is 0.281. The first-order valence-electron chi connectivity index (χ1n) is 14.4. The molecule has 12 heteroatoms. The van der Waals surface area contributed by atoms with Gasteiger partial charge in [0.05, 0.1) is 52.6 Å². The number of halogens is 1. The maximum absolute atomic E-state index is 14.3. The van der Waals surface area contributed by atoms with E-state index in [2.05, 4.69) is 14.8 Å². The number of rotatable bonds is 9. The minimum atomic E-state index is -0.988. The highest BCUT2D eigenvalue weighted by molar-refractivity contribution is 5.92. The number of anilines is 1. The molecule has 44 heavy (non-hydrogen) atoms. The van der Waals surface area contributed by atoms with Gasteiger partial charge in [0.2, 0.25) is 11.8 Å². The Morgan fingerprint density at radius 1 is 1.16 bits per heavy atom. The maximum atomic E-state index is 14.3. The lowest BCUT2D eigenvalue weighted by Gasteiger charge is -2.80. The molecular formula is C32H26FN7O4. The third kappa shape index (κ3) is 3.96. The summed E-state index contributed by atoms with van der Waals surface area (Å²) in [6.45, 7) is 1.79. The number of carboxylic acid groups (broad SMARTS) is 1. The van der Waals surface area contributed by atoms with Crippen LogP contribution in [-0.4, -0.2) is 59.7 Å². The highest BCUT2D eigenvalue weighted by Crippen LogP contribution is 2.61. The molecule has 3 aliphatic rings. The molecule has 1 saturated carbocycles. The SMILES string of the molecule is N#Cc1ccc(COc2cccc(N3CC4N(Cc5nc6ccc(C(=O)O)cc6n5Cc5ncco5)C5CCC543)n2)c(F)c1. The van der Waals surface area contributed by atoms with Gasteiger partial charge in [0, 0.05) is 24.2 Å². The fourth-order valence-electron chi connectivity index (χ4n) is 7.10. The van der Waals surface area contributed by atoms with Crippen LogP contribution in [0.1, 0.15) is 46.0 Å². The van der Waals surface area contributed by atoms with E-state index in [1.165, 1.54) is 12.3 Å². The number of hydrogen-bond acceptors (Lipinski definition) is 9. The summed E-state index contributed by atoms with van der Waals surface area (Å²) in [5.41, 5.74) is 2.31. The lowest BCUT2D eigenvalue weighted by Crippen LogP contribution is -2.96. The van der Waals surface area contributed by atoms with Gasteiger partial charge in [-0.3, -0.25) is 4.90 Å². The van der Waals surface area contributed by atoms with Gasteiger partial charge in [0.1, 0.15) is 36.9 Å². The Hall–Kier alpha value is -5.28. The molecule has 5 aromatic rings. The van der Waals surface area contributed by atoms with Crippen molar-refractivity contribution in [2.24, 2.45) is 0 Å². The van der Waals surface area contributed by atoms with E-state index in [1.807, 2.05) is 22.8 Å². The summed E-state index contributed by atoms with van der Waals surface area (Å²) in [5, 5.41) is 18.5. The molecule has 3 aromatic heterocycles. The molecule has 1 N–H and O–H groups in total. The number of imidazole rings is 1. The van der Waals surface area contributed by atoms with E-state index < -0.39 is 11.8 Å². The molecule has 2 aromatic carbocycles. The summed E-state index contributed by atoms with van der Waals surface area (Å²) in [7, 11) is 0. The number of carbonyl (C=O) groups is 1. The fourth-order valence-corrected chi connectivity index (χ4v) is 7.10. The van der Waals surface area contributed by atoms with Gasteiger partial charge in [-0.05, 0) is 49.2 Å². The number of nitrogens with zero attached hydrogens (tertiary/aromatic N) is 7. The van der Waals surface area contributed by atoms with Crippen LogP contribution in [-0.2, 0) is 19.7 Å². The molecule has 1 aliphatic carbocycles. The van der Waals surface area contributed by atoms with Gasteiger partial charge in [-0.1, -0.05) is 12.1 Å². The number of benzene rings is 2. The third-order valence-electron chi connectivity index (χ3n) is 9.35. The smallest absolute Gasteiger partial charge is 0.335 e. The minimum absolute atomic E-state index is 0.0145. The predicted molar refractivity (Wildman–Crippen MR) is 154 cm³/mol. The van der Waals surface area contributed by atoms with Gasteiger partial charge in [0.15, 0.2) is 0 Å². The molecule has 2 aliphatic heterocycles. The van der Waals surface area contributed by atoms with Gasteiger partial charge in [-0.2, -0.15) is 10.2 Å². The second kappa shape index (κ2) is 9.89. The number of nitriles is 1. The van der Waals surface area contributed by atoms with E-state index in [0.717, 1.165) is 42.1 Å². The monoisotopic (exact) mass is 591 g/mol. The van der Waals surface area contributed by atoms with Crippen molar-refractivity contribution in [2.75, 3.05) is 11.4 Å². The minimum Gasteiger partial charge on any atom is -0.478 e. The van der Waals surface area contributed by atoms with Crippen LogP contribution in [0.25, 0.3) is 11.0 Å². The van der Waals surface area contributed by atoms with Crippen molar-refractivity contribution in [2.45, 2.75) is 50.2 Å². The number of oxazole rings is 1. The van der Waals surface area contributed by atoms with Crippen LogP contribution in [0.2, 0.25) is 0 Å². The van der Waals surface area contributed by atoms with Crippen LogP contribution < -0.4 is 9.64 Å². The number of piperazine rings is 1. The molecule has 0 amide bonds. The Morgan fingerprint density at radius 2 is 2.07 bits per heavy atom. The number of piperidine rings is 1. The predicted octanol–water partition coefficient (Wildman–Crippen LogP) is 4.36. The summed E-state index contributed by atoms with van der Waals surface area (Å²) in [4.78, 5) is 30.5. The Bertz CT molecular complexity index is 1960. The molecular weight excluding hydrogens is 565 g/mol. The first kappa shape index (κ1) is 26.4.